The quantitative estimate of drug-likeness (QED) is 0.890. The molecule has 0 aliphatic carbocycles. The zero-order valence-electron chi connectivity index (χ0n) is 15.2. The second-order valence-corrected chi connectivity index (χ2v) is 6.18. The van der Waals surface area contributed by atoms with E-state index in [2.05, 4.69) is 10.3 Å². The number of hydrogen-bond donors (Lipinski definition) is 1. The zero-order chi connectivity index (χ0) is 18.5. The average Bonchev–Trinajstić information content (AvgIpc) is 3.12. The number of nitrogens with zero attached hydrogens (tertiary/aromatic N) is 2. The van der Waals surface area contributed by atoms with Gasteiger partial charge in [0.25, 0.3) is 0 Å². The first-order valence-corrected chi connectivity index (χ1v) is 8.45. The molecule has 1 fully saturated rings. The summed E-state index contributed by atoms with van der Waals surface area (Å²) in [5.74, 6) is 1.82. The van der Waals surface area contributed by atoms with Crippen LogP contribution in [-0.2, 0) is 0 Å². The topological polar surface area (TPSA) is 72.9 Å². The summed E-state index contributed by atoms with van der Waals surface area (Å²) < 4.78 is 16.3. The summed E-state index contributed by atoms with van der Waals surface area (Å²) in [5, 5.41) is 2.88. The Labute approximate surface area is 152 Å². The maximum atomic E-state index is 12.5. The first-order valence-electron chi connectivity index (χ1n) is 8.45. The maximum absolute atomic E-state index is 12.5. The van der Waals surface area contributed by atoms with Gasteiger partial charge in [0.15, 0.2) is 0 Å². The van der Waals surface area contributed by atoms with Gasteiger partial charge in [0.1, 0.15) is 17.6 Å². The zero-order valence-corrected chi connectivity index (χ0v) is 15.2. The van der Waals surface area contributed by atoms with Gasteiger partial charge in [0.05, 0.1) is 20.8 Å². The summed E-state index contributed by atoms with van der Waals surface area (Å²) >= 11 is 0. The molecule has 26 heavy (non-hydrogen) atoms. The average molecular weight is 357 g/mol. The summed E-state index contributed by atoms with van der Waals surface area (Å²) in [7, 11) is 3.14. The second-order valence-electron chi connectivity index (χ2n) is 6.18. The normalized spacial score (nSPS) is 16.3. The lowest BCUT2D eigenvalue weighted by Gasteiger charge is -2.18. The highest BCUT2D eigenvalue weighted by atomic mass is 16.5. The molecule has 2 amide bonds. The van der Waals surface area contributed by atoms with Crippen LogP contribution in [0.1, 0.15) is 12.0 Å². The third-order valence-corrected chi connectivity index (χ3v) is 4.21. The Balaban J connectivity index is 1.58. The number of aromatic nitrogens is 1. The molecule has 2 heterocycles. The van der Waals surface area contributed by atoms with Crippen LogP contribution < -0.4 is 19.5 Å². The summed E-state index contributed by atoms with van der Waals surface area (Å²) in [5.41, 5.74) is 1.70. The van der Waals surface area contributed by atoms with Gasteiger partial charge in [-0.15, -0.1) is 0 Å². The van der Waals surface area contributed by atoms with Gasteiger partial charge < -0.3 is 24.4 Å². The first-order chi connectivity index (χ1) is 12.6. The summed E-state index contributed by atoms with van der Waals surface area (Å²) in [6.07, 6.45) is 2.48. The summed E-state index contributed by atoms with van der Waals surface area (Å²) in [4.78, 5) is 18.5. The van der Waals surface area contributed by atoms with Gasteiger partial charge in [0.2, 0.25) is 5.88 Å². The molecule has 7 nitrogen and oxygen atoms in total. The summed E-state index contributed by atoms with van der Waals surface area (Å²) in [6.45, 7) is 3.12. The fraction of sp³-hybridized carbons (Fsp3) is 0.368. The number of carbonyl (C=O) groups is 1. The predicted molar refractivity (Wildman–Crippen MR) is 98.1 cm³/mol. The number of urea groups is 1. The van der Waals surface area contributed by atoms with E-state index in [1.54, 1.807) is 43.5 Å². The largest absolute Gasteiger partial charge is 0.497 e. The lowest BCUT2D eigenvalue weighted by atomic mass is 10.3. The van der Waals surface area contributed by atoms with Crippen molar-refractivity contribution in [2.45, 2.75) is 19.4 Å². The Bertz CT molecular complexity index is 742. The van der Waals surface area contributed by atoms with Crippen LogP contribution in [0.2, 0.25) is 0 Å². The molecular formula is C19H23N3O4. The standard InChI is InChI=1S/C19H23N3O4/c1-13-4-5-18(20-11-13)26-15-6-7-22(12-15)19(23)21-14-8-16(24-2)10-17(9-14)25-3/h4-5,8-11,15H,6-7,12H2,1-3H3,(H,21,23). The van der Waals surface area contributed by atoms with E-state index in [9.17, 15) is 4.79 Å². The molecule has 1 unspecified atom stereocenters. The minimum Gasteiger partial charge on any atom is -0.497 e. The molecule has 1 N–H and O–H groups in total. The van der Waals surface area contributed by atoms with Crippen molar-refractivity contribution < 1.29 is 19.0 Å². The highest BCUT2D eigenvalue weighted by Gasteiger charge is 2.28. The highest BCUT2D eigenvalue weighted by Crippen LogP contribution is 2.26. The number of likely N-dealkylation sites (tertiary alicyclic amines) is 1. The van der Waals surface area contributed by atoms with Crippen LogP contribution in [0.5, 0.6) is 17.4 Å². The van der Waals surface area contributed by atoms with E-state index in [4.69, 9.17) is 14.2 Å². The molecule has 0 saturated carbocycles. The van der Waals surface area contributed by atoms with Crippen LogP contribution >= 0.6 is 0 Å². The molecule has 138 valence electrons. The van der Waals surface area contributed by atoms with E-state index in [1.807, 2.05) is 19.1 Å². The maximum Gasteiger partial charge on any atom is 0.321 e. The van der Waals surface area contributed by atoms with E-state index in [-0.39, 0.29) is 12.1 Å². The Kier molecular flexibility index (Phi) is 5.46. The number of ether oxygens (including phenoxy) is 3. The van der Waals surface area contributed by atoms with E-state index < -0.39 is 0 Å². The van der Waals surface area contributed by atoms with Gasteiger partial charge in [-0.1, -0.05) is 6.07 Å². The molecule has 1 aliphatic rings. The van der Waals surface area contributed by atoms with Crippen LogP contribution in [-0.4, -0.2) is 49.3 Å². The molecule has 0 bridgehead atoms. The number of pyridine rings is 1. The third-order valence-electron chi connectivity index (χ3n) is 4.21. The van der Waals surface area contributed by atoms with E-state index in [0.717, 1.165) is 12.0 Å². The molecule has 7 heteroatoms. The number of benzene rings is 1. The SMILES string of the molecule is COc1cc(NC(=O)N2CCC(Oc3ccc(C)cn3)C2)cc(OC)c1. The Hall–Kier alpha value is -2.96. The van der Waals surface area contributed by atoms with Crippen LogP contribution in [0.4, 0.5) is 10.5 Å². The summed E-state index contributed by atoms with van der Waals surface area (Å²) in [6, 6.07) is 8.88. The molecule has 1 atom stereocenters. The lowest BCUT2D eigenvalue weighted by molar-refractivity contribution is 0.190. The smallest absolute Gasteiger partial charge is 0.321 e. The van der Waals surface area contributed by atoms with Gasteiger partial charge >= 0.3 is 6.03 Å². The van der Waals surface area contributed by atoms with Gasteiger partial charge in [-0.05, 0) is 12.5 Å². The molecular weight excluding hydrogens is 334 g/mol. The molecule has 1 aliphatic heterocycles. The number of amides is 2. The number of nitrogens with one attached hydrogen (secondary N) is 1. The fourth-order valence-electron chi connectivity index (χ4n) is 2.79. The van der Waals surface area contributed by atoms with Crippen LogP contribution in [0.3, 0.4) is 0 Å². The number of carbonyl (C=O) groups excluding carboxylic acids is 1. The van der Waals surface area contributed by atoms with Crippen molar-refractivity contribution in [2.75, 3.05) is 32.6 Å². The minimum atomic E-state index is -0.178. The number of rotatable bonds is 5. The number of methoxy groups -OCH3 is 2. The molecule has 1 aromatic carbocycles. The van der Waals surface area contributed by atoms with Crippen molar-refractivity contribution in [1.29, 1.82) is 0 Å². The number of aryl methyl sites for hydroxylation is 1. The van der Waals surface area contributed by atoms with Gasteiger partial charge in [0, 0.05) is 49.1 Å². The van der Waals surface area contributed by atoms with Crippen LogP contribution in [0, 0.1) is 6.92 Å². The first kappa shape index (κ1) is 17.8. The number of anilines is 1. The molecule has 0 radical (unpaired) electrons. The van der Waals surface area contributed by atoms with E-state index in [1.165, 1.54) is 0 Å². The van der Waals surface area contributed by atoms with E-state index in [0.29, 0.717) is 36.2 Å². The van der Waals surface area contributed by atoms with Gasteiger partial charge in [-0.2, -0.15) is 0 Å². The van der Waals surface area contributed by atoms with E-state index >= 15 is 0 Å². The van der Waals surface area contributed by atoms with Crippen molar-refractivity contribution in [2.24, 2.45) is 0 Å². The predicted octanol–water partition coefficient (Wildman–Crippen LogP) is 3.09. The second kappa shape index (κ2) is 7.95. The molecule has 2 aromatic rings. The number of hydrogen-bond acceptors (Lipinski definition) is 5. The molecule has 1 aromatic heterocycles. The van der Waals surface area contributed by atoms with Crippen LogP contribution in [0.25, 0.3) is 0 Å². The Morgan fingerprint density at radius 3 is 2.54 bits per heavy atom. The van der Waals surface area contributed by atoms with Crippen molar-refractivity contribution in [3.05, 3.63) is 42.1 Å². The lowest BCUT2D eigenvalue weighted by Crippen LogP contribution is -2.34. The van der Waals surface area contributed by atoms with Gasteiger partial charge in [-0.3, -0.25) is 0 Å². The van der Waals surface area contributed by atoms with Gasteiger partial charge in [-0.25, -0.2) is 9.78 Å². The molecule has 1 saturated heterocycles. The molecule has 0 spiro atoms. The van der Waals surface area contributed by atoms with Crippen molar-refractivity contribution >= 4 is 11.7 Å². The molecule has 3 rings (SSSR count). The Morgan fingerprint density at radius 2 is 1.92 bits per heavy atom. The minimum absolute atomic E-state index is 0.0594. The Morgan fingerprint density at radius 1 is 1.19 bits per heavy atom. The highest BCUT2D eigenvalue weighted by molar-refractivity contribution is 5.90. The van der Waals surface area contributed by atoms with Crippen LogP contribution in [0.15, 0.2) is 36.5 Å². The van der Waals surface area contributed by atoms with Crippen molar-refractivity contribution in [1.82, 2.24) is 9.88 Å². The monoisotopic (exact) mass is 357 g/mol. The van der Waals surface area contributed by atoms with Crippen molar-refractivity contribution in [3.8, 4) is 17.4 Å². The fourth-order valence-corrected chi connectivity index (χ4v) is 2.79. The van der Waals surface area contributed by atoms with Crippen molar-refractivity contribution in [3.63, 3.8) is 0 Å². The third kappa shape index (κ3) is 4.36.